The second-order valence-corrected chi connectivity index (χ2v) is 8.40. The molecule has 0 saturated heterocycles. The van der Waals surface area contributed by atoms with Gasteiger partial charge in [0.05, 0.1) is 6.61 Å². The fourth-order valence-corrected chi connectivity index (χ4v) is 3.57. The van der Waals surface area contributed by atoms with Crippen LogP contribution in [0.2, 0.25) is 0 Å². The summed E-state index contributed by atoms with van der Waals surface area (Å²) in [5.41, 5.74) is 10.6. The van der Waals surface area contributed by atoms with E-state index < -0.39 is 23.7 Å². The maximum absolute atomic E-state index is 15.4. The third-order valence-electron chi connectivity index (χ3n) is 4.87. The Labute approximate surface area is 214 Å². The number of amidine groups is 1. The van der Waals surface area contributed by atoms with E-state index in [1.807, 2.05) is 6.92 Å². The summed E-state index contributed by atoms with van der Waals surface area (Å²) in [6, 6.07) is 10.2. The molecule has 3 rings (SSSR count). The van der Waals surface area contributed by atoms with Gasteiger partial charge in [0.1, 0.15) is 23.3 Å². The number of halogens is 2. The van der Waals surface area contributed by atoms with Crippen LogP contribution in [0.4, 0.5) is 10.1 Å². The molecule has 0 aliphatic carbocycles. The van der Waals surface area contributed by atoms with Crippen molar-refractivity contribution in [1.82, 2.24) is 15.8 Å². The Morgan fingerprint density at radius 2 is 1.94 bits per heavy atom. The number of ether oxygens (including phenoxy) is 1. The maximum Gasteiger partial charge on any atom is 0.289 e. The molecule has 0 spiro atoms. The standard InChI is InChI=1S/C24H24BrFN6O4/c1-2-10-36-18-12-15(33)11-16(19(18)26)20(30-14-7-5-13(6-8-14)22(27)28)23(34)31-32-24(35)21-17(25)4-3-9-29-21/h3-9,11-12,20,30,33H,2,10H2,1H3,(H3,27,28)(H,31,34)(H,32,35). The van der Waals surface area contributed by atoms with Gasteiger partial charge in [0.25, 0.3) is 11.8 Å². The summed E-state index contributed by atoms with van der Waals surface area (Å²) in [4.78, 5) is 29.6. The van der Waals surface area contributed by atoms with Gasteiger partial charge in [0.15, 0.2) is 11.6 Å². The van der Waals surface area contributed by atoms with Crippen LogP contribution in [0.3, 0.4) is 0 Å². The van der Waals surface area contributed by atoms with Crippen LogP contribution in [0, 0.1) is 11.2 Å². The van der Waals surface area contributed by atoms with Crippen LogP contribution in [0.5, 0.6) is 11.5 Å². The monoisotopic (exact) mass is 558 g/mol. The van der Waals surface area contributed by atoms with Crippen molar-refractivity contribution in [3.63, 3.8) is 0 Å². The predicted octanol–water partition coefficient (Wildman–Crippen LogP) is 3.38. The Hall–Kier alpha value is -4.19. The molecule has 0 saturated carbocycles. The van der Waals surface area contributed by atoms with Crippen LogP contribution in [0.25, 0.3) is 0 Å². The van der Waals surface area contributed by atoms with Gasteiger partial charge in [0, 0.05) is 33.6 Å². The smallest absolute Gasteiger partial charge is 0.289 e. The number of hydrogen-bond donors (Lipinski definition) is 6. The average molecular weight is 559 g/mol. The third-order valence-corrected chi connectivity index (χ3v) is 5.51. The number of hydrazine groups is 1. The quantitative estimate of drug-likeness (QED) is 0.133. The molecule has 2 aromatic carbocycles. The first-order valence-electron chi connectivity index (χ1n) is 10.8. The molecule has 36 heavy (non-hydrogen) atoms. The maximum atomic E-state index is 15.4. The highest BCUT2D eigenvalue weighted by molar-refractivity contribution is 9.10. The molecule has 3 aromatic rings. The number of aromatic hydroxyl groups is 1. The number of carbonyl (C=O) groups is 2. The van der Waals surface area contributed by atoms with Gasteiger partial charge in [-0.05, 0) is 64.8 Å². The number of rotatable bonds is 9. The molecule has 0 radical (unpaired) electrons. The first kappa shape index (κ1) is 26.4. The number of pyridine rings is 1. The van der Waals surface area contributed by atoms with E-state index in [0.29, 0.717) is 22.1 Å². The van der Waals surface area contributed by atoms with Gasteiger partial charge < -0.3 is 20.9 Å². The minimum atomic E-state index is -1.41. The van der Waals surface area contributed by atoms with Crippen molar-refractivity contribution >= 4 is 39.3 Å². The van der Waals surface area contributed by atoms with E-state index in [-0.39, 0.29) is 35.2 Å². The molecule has 0 aliphatic rings. The minimum Gasteiger partial charge on any atom is -0.508 e. The van der Waals surface area contributed by atoms with E-state index in [2.05, 4.69) is 37.1 Å². The van der Waals surface area contributed by atoms with Gasteiger partial charge in [-0.2, -0.15) is 0 Å². The lowest BCUT2D eigenvalue weighted by atomic mass is 10.0. The molecule has 188 valence electrons. The molecule has 1 atom stereocenters. The van der Waals surface area contributed by atoms with E-state index in [4.69, 9.17) is 15.9 Å². The zero-order chi connectivity index (χ0) is 26.2. The SMILES string of the molecule is CCCOc1cc(O)cc(C(Nc2ccc(C(=N)N)cc2)C(=O)NNC(=O)c2ncccc2Br)c1F. The Morgan fingerprint density at radius 1 is 1.22 bits per heavy atom. The number of nitrogens with one attached hydrogen (secondary N) is 4. The summed E-state index contributed by atoms with van der Waals surface area (Å²) >= 11 is 3.21. The number of nitrogens with zero attached hydrogens (tertiary/aromatic N) is 1. The van der Waals surface area contributed by atoms with E-state index in [9.17, 15) is 14.7 Å². The molecule has 1 unspecified atom stereocenters. The number of hydrogen-bond acceptors (Lipinski definition) is 7. The first-order valence-corrected chi connectivity index (χ1v) is 11.6. The largest absolute Gasteiger partial charge is 0.508 e. The lowest BCUT2D eigenvalue weighted by Gasteiger charge is -2.22. The summed E-state index contributed by atoms with van der Waals surface area (Å²) in [7, 11) is 0. The van der Waals surface area contributed by atoms with Crippen LogP contribution in [-0.2, 0) is 4.79 Å². The Kier molecular flexibility index (Phi) is 8.79. The van der Waals surface area contributed by atoms with Gasteiger partial charge in [-0.1, -0.05) is 6.92 Å². The fraction of sp³-hybridized carbons (Fsp3) is 0.167. The van der Waals surface area contributed by atoms with Gasteiger partial charge >= 0.3 is 0 Å². The highest BCUT2D eigenvalue weighted by atomic mass is 79.9. The highest BCUT2D eigenvalue weighted by Crippen LogP contribution is 2.32. The summed E-state index contributed by atoms with van der Waals surface area (Å²) in [6.45, 7) is 2.04. The van der Waals surface area contributed by atoms with Crippen molar-refractivity contribution in [3.8, 4) is 11.5 Å². The Balaban J connectivity index is 1.92. The second-order valence-electron chi connectivity index (χ2n) is 7.54. The number of aromatic nitrogens is 1. The van der Waals surface area contributed by atoms with Crippen LogP contribution < -0.4 is 26.6 Å². The predicted molar refractivity (Wildman–Crippen MR) is 135 cm³/mol. The number of phenols is 1. The lowest BCUT2D eigenvalue weighted by Crippen LogP contribution is -2.46. The highest BCUT2D eigenvalue weighted by Gasteiger charge is 2.28. The number of nitrogen functional groups attached to an aromatic ring is 1. The number of anilines is 1. The lowest BCUT2D eigenvalue weighted by molar-refractivity contribution is -0.122. The van der Waals surface area contributed by atoms with Crippen LogP contribution >= 0.6 is 15.9 Å². The van der Waals surface area contributed by atoms with Crippen molar-refractivity contribution in [1.29, 1.82) is 5.41 Å². The van der Waals surface area contributed by atoms with Crippen molar-refractivity contribution < 1.29 is 23.8 Å². The first-order chi connectivity index (χ1) is 17.2. The van der Waals surface area contributed by atoms with Gasteiger partial charge in [-0.25, -0.2) is 9.37 Å². The Morgan fingerprint density at radius 3 is 2.58 bits per heavy atom. The molecular formula is C24H24BrFN6O4. The van der Waals surface area contributed by atoms with Crippen molar-refractivity contribution in [2.24, 2.45) is 5.73 Å². The molecule has 1 aromatic heterocycles. The van der Waals surface area contributed by atoms with Crippen molar-refractivity contribution in [3.05, 3.63) is 81.8 Å². The molecule has 7 N–H and O–H groups in total. The zero-order valence-electron chi connectivity index (χ0n) is 19.1. The third kappa shape index (κ3) is 6.48. The molecule has 1 heterocycles. The minimum absolute atomic E-state index is 0.0286. The van der Waals surface area contributed by atoms with E-state index in [0.717, 1.165) is 12.1 Å². The Bertz CT molecular complexity index is 1270. The van der Waals surface area contributed by atoms with Crippen molar-refractivity contribution in [2.75, 3.05) is 11.9 Å². The van der Waals surface area contributed by atoms with E-state index in [1.165, 1.54) is 6.20 Å². The molecular weight excluding hydrogens is 535 g/mol. The summed E-state index contributed by atoms with van der Waals surface area (Å²) in [5.74, 6) is -3.07. The van der Waals surface area contributed by atoms with Crippen molar-refractivity contribution in [2.45, 2.75) is 19.4 Å². The number of phenolic OH excluding ortho intramolecular Hbond substituents is 1. The topological polar surface area (TPSA) is 162 Å². The number of nitrogens with two attached hydrogens (primary N) is 1. The summed E-state index contributed by atoms with van der Waals surface area (Å²) in [6.07, 6.45) is 2.01. The molecule has 0 fully saturated rings. The molecule has 0 aliphatic heterocycles. The normalized spacial score (nSPS) is 11.3. The van der Waals surface area contributed by atoms with Gasteiger partial charge in [-0.15, -0.1) is 0 Å². The molecule has 10 nitrogen and oxygen atoms in total. The second kappa shape index (κ2) is 12.0. The molecule has 0 bridgehead atoms. The molecule has 12 heteroatoms. The fourth-order valence-electron chi connectivity index (χ4n) is 3.13. The number of amides is 2. The summed E-state index contributed by atoms with van der Waals surface area (Å²) in [5, 5.41) is 20.6. The van der Waals surface area contributed by atoms with E-state index in [1.54, 1.807) is 36.4 Å². The van der Waals surface area contributed by atoms with Crippen LogP contribution in [0.1, 0.15) is 41.0 Å². The van der Waals surface area contributed by atoms with Crippen LogP contribution in [0.15, 0.2) is 59.2 Å². The average Bonchev–Trinajstić information content (AvgIpc) is 2.86. The summed E-state index contributed by atoms with van der Waals surface area (Å²) < 4.78 is 21.2. The van der Waals surface area contributed by atoms with Gasteiger partial charge in [-0.3, -0.25) is 25.8 Å². The zero-order valence-corrected chi connectivity index (χ0v) is 20.7. The van der Waals surface area contributed by atoms with Crippen LogP contribution in [-0.4, -0.2) is 34.3 Å². The molecule has 2 amide bonds. The number of benzene rings is 2. The van der Waals surface area contributed by atoms with E-state index >= 15 is 4.39 Å². The number of carbonyl (C=O) groups excluding carboxylic acids is 2. The van der Waals surface area contributed by atoms with Gasteiger partial charge in [0.2, 0.25) is 0 Å².